The van der Waals surface area contributed by atoms with Gasteiger partial charge in [0.1, 0.15) is 0 Å². The quantitative estimate of drug-likeness (QED) is 0.896. The van der Waals surface area contributed by atoms with E-state index in [1.807, 2.05) is 42.6 Å². The van der Waals surface area contributed by atoms with Gasteiger partial charge in [0.25, 0.3) is 5.91 Å². The van der Waals surface area contributed by atoms with Crippen molar-refractivity contribution in [3.63, 3.8) is 0 Å². The molecular weight excluding hydrogens is 268 g/mol. The molecule has 0 saturated heterocycles. The van der Waals surface area contributed by atoms with Gasteiger partial charge in [-0.25, -0.2) is 0 Å². The summed E-state index contributed by atoms with van der Waals surface area (Å²) < 4.78 is 0. The third-order valence-electron chi connectivity index (χ3n) is 3.32. The van der Waals surface area contributed by atoms with Crippen LogP contribution in [0.4, 0.5) is 11.4 Å². The lowest BCUT2D eigenvalue weighted by Gasteiger charge is -2.21. The van der Waals surface area contributed by atoms with Crippen LogP contribution in [-0.4, -0.2) is 19.0 Å². The molecule has 2 rings (SSSR count). The minimum atomic E-state index is -0.0342. The Balaban J connectivity index is 2.08. The molecule has 1 aromatic carbocycles. The first-order valence-corrected chi connectivity index (χ1v) is 7.74. The fraction of sp³-hybridized carbons (Fsp3) is 0.312. The second-order valence-corrected chi connectivity index (χ2v) is 5.52. The van der Waals surface area contributed by atoms with E-state index in [0.29, 0.717) is 0 Å². The Morgan fingerprint density at radius 3 is 2.30 bits per heavy atom. The number of hydrogen-bond acceptors (Lipinski definition) is 3. The molecule has 1 heterocycles. The molecule has 0 unspecified atom stereocenters. The lowest BCUT2D eigenvalue weighted by molar-refractivity contribution is 0.103. The zero-order chi connectivity index (χ0) is 14.5. The number of aryl methyl sites for hydroxylation is 1. The lowest BCUT2D eigenvalue weighted by atomic mass is 10.2. The monoisotopic (exact) mass is 288 g/mol. The van der Waals surface area contributed by atoms with Crippen molar-refractivity contribution in [2.24, 2.45) is 0 Å². The Kier molecular flexibility index (Phi) is 4.79. The van der Waals surface area contributed by atoms with Crippen molar-refractivity contribution in [2.45, 2.75) is 20.8 Å². The molecular formula is C16H20N2OS. The summed E-state index contributed by atoms with van der Waals surface area (Å²) in [5, 5.41) is 4.88. The molecule has 0 radical (unpaired) electrons. The summed E-state index contributed by atoms with van der Waals surface area (Å²) in [6.45, 7) is 8.19. The minimum Gasteiger partial charge on any atom is -0.372 e. The Labute approximate surface area is 124 Å². The average molecular weight is 288 g/mol. The van der Waals surface area contributed by atoms with Crippen LogP contribution in [0.15, 0.2) is 35.7 Å². The number of benzene rings is 1. The molecule has 1 amide bonds. The number of hydrogen-bond donors (Lipinski definition) is 1. The highest BCUT2D eigenvalue weighted by atomic mass is 32.1. The smallest absolute Gasteiger partial charge is 0.265 e. The van der Waals surface area contributed by atoms with Gasteiger partial charge in [0.2, 0.25) is 0 Å². The average Bonchev–Trinajstić information content (AvgIpc) is 2.88. The van der Waals surface area contributed by atoms with E-state index in [1.165, 1.54) is 17.0 Å². The van der Waals surface area contributed by atoms with Gasteiger partial charge in [0.05, 0.1) is 4.88 Å². The van der Waals surface area contributed by atoms with E-state index in [4.69, 9.17) is 0 Å². The van der Waals surface area contributed by atoms with Crippen LogP contribution in [0.5, 0.6) is 0 Å². The molecule has 4 heteroatoms. The third-order valence-corrected chi connectivity index (χ3v) is 4.34. The molecule has 0 fully saturated rings. The summed E-state index contributed by atoms with van der Waals surface area (Å²) in [5.74, 6) is -0.0342. The third kappa shape index (κ3) is 3.20. The SMILES string of the molecule is CCN(CC)c1ccc(NC(=O)c2sccc2C)cc1. The first-order valence-electron chi connectivity index (χ1n) is 6.86. The molecule has 0 aliphatic heterocycles. The maximum atomic E-state index is 12.1. The van der Waals surface area contributed by atoms with Crippen LogP contribution in [-0.2, 0) is 0 Å². The highest BCUT2D eigenvalue weighted by molar-refractivity contribution is 7.12. The second-order valence-electron chi connectivity index (χ2n) is 4.61. The molecule has 2 aromatic rings. The van der Waals surface area contributed by atoms with Crippen LogP contribution in [0.3, 0.4) is 0 Å². The van der Waals surface area contributed by atoms with E-state index in [9.17, 15) is 4.79 Å². The van der Waals surface area contributed by atoms with Gasteiger partial charge in [-0.2, -0.15) is 0 Å². The predicted molar refractivity (Wildman–Crippen MR) is 87.0 cm³/mol. The fourth-order valence-corrected chi connectivity index (χ4v) is 2.96. The first kappa shape index (κ1) is 14.6. The van der Waals surface area contributed by atoms with Crippen molar-refractivity contribution in [1.29, 1.82) is 0 Å². The standard InChI is InChI=1S/C16H20N2OS/c1-4-18(5-2)14-8-6-13(7-9-14)17-16(19)15-12(3)10-11-20-15/h6-11H,4-5H2,1-3H3,(H,17,19). The minimum absolute atomic E-state index is 0.0342. The number of carbonyl (C=O) groups excluding carboxylic acids is 1. The van der Waals surface area contributed by atoms with Crippen molar-refractivity contribution >= 4 is 28.6 Å². The highest BCUT2D eigenvalue weighted by Gasteiger charge is 2.10. The van der Waals surface area contributed by atoms with Gasteiger partial charge in [-0.3, -0.25) is 4.79 Å². The Bertz CT molecular complexity index is 570. The largest absolute Gasteiger partial charge is 0.372 e. The van der Waals surface area contributed by atoms with Crippen LogP contribution in [0.25, 0.3) is 0 Å². The van der Waals surface area contributed by atoms with Gasteiger partial charge in [0.15, 0.2) is 0 Å². The van der Waals surface area contributed by atoms with Crippen molar-refractivity contribution in [3.05, 3.63) is 46.2 Å². The van der Waals surface area contributed by atoms with Crippen LogP contribution >= 0.6 is 11.3 Å². The predicted octanol–water partition coefficient (Wildman–Crippen LogP) is 4.16. The van der Waals surface area contributed by atoms with Crippen LogP contribution in [0.1, 0.15) is 29.1 Å². The fourth-order valence-electron chi connectivity index (χ4n) is 2.14. The van der Waals surface area contributed by atoms with Crippen LogP contribution < -0.4 is 10.2 Å². The summed E-state index contributed by atoms with van der Waals surface area (Å²) in [7, 11) is 0. The molecule has 0 aliphatic carbocycles. The van der Waals surface area contributed by atoms with Gasteiger partial charge in [-0.1, -0.05) is 0 Å². The summed E-state index contributed by atoms with van der Waals surface area (Å²) >= 11 is 1.47. The summed E-state index contributed by atoms with van der Waals surface area (Å²) in [5.41, 5.74) is 3.03. The number of nitrogens with one attached hydrogen (secondary N) is 1. The van der Waals surface area contributed by atoms with Crippen molar-refractivity contribution in [1.82, 2.24) is 0 Å². The summed E-state index contributed by atoms with van der Waals surface area (Å²) in [4.78, 5) is 15.2. The van der Waals surface area contributed by atoms with Gasteiger partial charge < -0.3 is 10.2 Å². The van der Waals surface area contributed by atoms with E-state index in [2.05, 4.69) is 24.1 Å². The zero-order valence-electron chi connectivity index (χ0n) is 12.1. The molecule has 0 bridgehead atoms. The maximum Gasteiger partial charge on any atom is 0.265 e. The van der Waals surface area contributed by atoms with E-state index in [-0.39, 0.29) is 5.91 Å². The number of rotatable bonds is 5. The topological polar surface area (TPSA) is 32.3 Å². The molecule has 0 atom stereocenters. The van der Waals surface area contributed by atoms with E-state index in [1.54, 1.807) is 0 Å². The van der Waals surface area contributed by atoms with Crippen LogP contribution in [0, 0.1) is 6.92 Å². The van der Waals surface area contributed by atoms with Crippen LogP contribution in [0.2, 0.25) is 0 Å². The molecule has 20 heavy (non-hydrogen) atoms. The zero-order valence-corrected chi connectivity index (χ0v) is 13.0. The Morgan fingerprint density at radius 2 is 1.80 bits per heavy atom. The van der Waals surface area contributed by atoms with Gasteiger partial charge in [-0.05, 0) is 62.0 Å². The van der Waals surface area contributed by atoms with Gasteiger partial charge in [-0.15, -0.1) is 11.3 Å². The second kappa shape index (κ2) is 6.57. The number of thiophene rings is 1. The maximum absolute atomic E-state index is 12.1. The molecule has 0 spiro atoms. The Morgan fingerprint density at radius 1 is 1.15 bits per heavy atom. The molecule has 0 saturated carbocycles. The molecule has 0 aliphatic rings. The molecule has 106 valence electrons. The lowest BCUT2D eigenvalue weighted by Crippen LogP contribution is -2.21. The number of amides is 1. The molecule has 1 N–H and O–H groups in total. The van der Waals surface area contributed by atoms with Crippen molar-refractivity contribution in [3.8, 4) is 0 Å². The van der Waals surface area contributed by atoms with Crippen molar-refractivity contribution in [2.75, 3.05) is 23.3 Å². The number of nitrogens with zero attached hydrogens (tertiary/aromatic N) is 1. The number of anilines is 2. The highest BCUT2D eigenvalue weighted by Crippen LogP contribution is 2.20. The summed E-state index contributed by atoms with van der Waals surface area (Å²) in [6.07, 6.45) is 0. The van der Waals surface area contributed by atoms with E-state index in [0.717, 1.165) is 29.2 Å². The molecule has 3 nitrogen and oxygen atoms in total. The Hall–Kier alpha value is -1.81. The molecule has 1 aromatic heterocycles. The van der Waals surface area contributed by atoms with Crippen molar-refractivity contribution < 1.29 is 4.79 Å². The summed E-state index contributed by atoms with van der Waals surface area (Å²) in [6, 6.07) is 9.96. The van der Waals surface area contributed by atoms with Gasteiger partial charge in [0, 0.05) is 24.5 Å². The first-order chi connectivity index (χ1) is 9.65. The van der Waals surface area contributed by atoms with E-state index < -0.39 is 0 Å². The van der Waals surface area contributed by atoms with Gasteiger partial charge >= 0.3 is 0 Å². The normalized spacial score (nSPS) is 10.3. The van der Waals surface area contributed by atoms with E-state index >= 15 is 0 Å². The number of carbonyl (C=O) groups is 1.